The van der Waals surface area contributed by atoms with E-state index in [0.717, 1.165) is 16.7 Å². The van der Waals surface area contributed by atoms with Gasteiger partial charge in [0, 0.05) is 17.7 Å². The number of nitrogens with one attached hydrogen (secondary N) is 1. The Hall–Kier alpha value is -2.14. The number of carbonyl (C=O) groups is 1. The van der Waals surface area contributed by atoms with Crippen LogP contribution in [0.25, 0.3) is 0 Å². The first-order chi connectivity index (χ1) is 12.2. The monoisotopic (exact) mass is 371 g/mol. The van der Waals surface area contributed by atoms with Crippen LogP contribution in [0.15, 0.2) is 65.4 Å². The van der Waals surface area contributed by atoms with Crippen molar-refractivity contribution < 1.29 is 9.53 Å². The van der Waals surface area contributed by atoms with Crippen LogP contribution < -0.4 is 5.32 Å². The number of thiophene rings is 1. The van der Waals surface area contributed by atoms with Gasteiger partial charge >= 0.3 is 0 Å². The van der Waals surface area contributed by atoms with Gasteiger partial charge in [-0.25, -0.2) is 0 Å². The van der Waals surface area contributed by atoms with Crippen LogP contribution in [0.3, 0.4) is 0 Å². The fourth-order valence-corrected chi connectivity index (χ4v) is 3.40. The molecule has 0 saturated carbocycles. The van der Waals surface area contributed by atoms with Crippen molar-refractivity contribution in [3.63, 3.8) is 0 Å². The van der Waals surface area contributed by atoms with Crippen LogP contribution in [-0.2, 0) is 11.3 Å². The van der Waals surface area contributed by atoms with Crippen molar-refractivity contribution in [2.24, 2.45) is 0 Å². The predicted molar refractivity (Wildman–Crippen MR) is 102 cm³/mol. The molecule has 1 unspecified atom stereocenters. The van der Waals surface area contributed by atoms with E-state index in [1.54, 1.807) is 18.4 Å². The second kappa shape index (κ2) is 8.30. The summed E-state index contributed by atoms with van der Waals surface area (Å²) < 4.78 is 5.10. The third-order valence-electron chi connectivity index (χ3n) is 3.88. The highest BCUT2D eigenvalue weighted by molar-refractivity contribution is 7.08. The average molecular weight is 372 g/mol. The van der Waals surface area contributed by atoms with Gasteiger partial charge in [-0.2, -0.15) is 11.3 Å². The van der Waals surface area contributed by atoms with Gasteiger partial charge in [0.15, 0.2) is 0 Å². The smallest absolute Gasteiger partial charge is 0.252 e. The summed E-state index contributed by atoms with van der Waals surface area (Å²) in [6.45, 7) is 0.532. The Kier molecular flexibility index (Phi) is 5.87. The molecule has 0 aliphatic heterocycles. The van der Waals surface area contributed by atoms with Crippen LogP contribution >= 0.6 is 22.9 Å². The Morgan fingerprint density at radius 1 is 1.08 bits per heavy atom. The lowest BCUT2D eigenvalue weighted by atomic mass is 10.0. The molecule has 0 bridgehead atoms. The summed E-state index contributed by atoms with van der Waals surface area (Å²) in [6.07, 6.45) is 0. The van der Waals surface area contributed by atoms with Gasteiger partial charge in [-0.15, -0.1) is 0 Å². The normalized spacial score (nSPS) is 11.9. The molecule has 0 radical (unpaired) electrons. The molecule has 0 saturated heterocycles. The Morgan fingerprint density at radius 2 is 1.80 bits per heavy atom. The molecular formula is C20H18ClNO2S. The number of rotatable bonds is 6. The van der Waals surface area contributed by atoms with Crippen LogP contribution in [0.5, 0.6) is 0 Å². The summed E-state index contributed by atoms with van der Waals surface area (Å²) in [5.41, 5.74) is 3.70. The zero-order valence-corrected chi connectivity index (χ0v) is 15.3. The first-order valence-corrected chi connectivity index (χ1v) is 9.16. The van der Waals surface area contributed by atoms with Crippen molar-refractivity contribution in [1.82, 2.24) is 5.32 Å². The van der Waals surface area contributed by atoms with Crippen molar-refractivity contribution in [2.75, 3.05) is 7.11 Å². The van der Waals surface area contributed by atoms with Crippen LogP contribution in [0, 0.1) is 0 Å². The van der Waals surface area contributed by atoms with Gasteiger partial charge in [0.05, 0.1) is 12.6 Å². The number of halogens is 1. The summed E-state index contributed by atoms with van der Waals surface area (Å²) in [5.74, 6) is -0.116. The molecule has 1 aromatic heterocycles. The van der Waals surface area contributed by atoms with E-state index in [0.29, 0.717) is 17.2 Å². The average Bonchev–Trinajstić information content (AvgIpc) is 3.16. The van der Waals surface area contributed by atoms with Crippen molar-refractivity contribution in [3.05, 3.63) is 92.6 Å². The minimum atomic E-state index is -0.213. The molecule has 1 atom stereocenters. The standard InChI is InChI=1S/C20H18ClNO2S/c1-24-12-14-2-4-16(5-3-14)20(23)22-19(17-10-11-25-13-17)15-6-8-18(21)9-7-15/h2-11,13,19H,12H2,1H3,(H,22,23). The Morgan fingerprint density at radius 3 is 2.40 bits per heavy atom. The summed E-state index contributed by atoms with van der Waals surface area (Å²) in [4.78, 5) is 12.7. The fourth-order valence-electron chi connectivity index (χ4n) is 2.59. The first kappa shape index (κ1) is 17.7. The van der Waals surface area contributed by atoms with Crippen molar-refractivity contribution >= 4 is 28.8 Å². The predicted octanol–water partition coefficient (Wildman–Crippen LogP) is 5.07. The van der Waals surface area contributed by atoms with Gasteiger partial charge in [-0.1, -0.05) is 35.9 Å². The molecule has 128 valence electrons. The molecule has 3 nitrogen and oxygen atoms in total. The van der Waals surface area contributed by atoms with Gasteiger partial charge in [0.1, 0.15) is 0 Å². The number of hydrogen-bond donors (Lipinski definition) is 1. The van der Waals surface area contributed by atoms with Crippen molar-refractivity contribution in [1.29, 1.82) is 0 Å². The maximum atomic E-state index is 12.7. The number of carbonyl (C=O) groups excluding carboxylic acids is 1. The quantitative estimate of drug-likeness (QED) is 0.657. The number of hydrogen-bond acceptors (Lipinski definition) is 3. The second-order valence-electron chi connectivity index (χ2n) is 5.64. The minimum absolute atomic E-state index is 0.116. The fraction of sp³-hybridized carbons (Fsp3) is 0.150. The third kappa shape index (κ3) is 4.48. The van der Waals surface area contributed by atoms with E-state index in [4.69, 9.17) is 16.3 Å². The highest BCUT2D eigenvalue weighted by atomic mass is 35.5. The van der Waals surface area contributed by atoms with Crippen LogP contribution in [0.4, 0.5) is 0 Å². The Bertz CT molecular complexity index is 814. The van der Waals surface area contributed by atoms with Crippen molar-refractivity contribution in [2.45, 2.75) is 12.6 Å². The van der Waals surface area contributed by atoms with Gasteiger partial charge in [-0.05, 0) is 57.8 Å². The lowest BCUT2D eigenvalue weighted by Crippen LogP contribution is -2.29. The largest absolute Gasteiger partial charge is 0.380 e. The van der Waals surface area contributed by atoms with E-state index in [2.05, 4.69) is 5.32 Å². The molecule has 3 aromatic rings. The molecule has 2 aromatic carbocycles. The Balaban J connectivity index is 1.82. The SMILES string of the molecule is COCc1ccc(C(=O)NC(c2ccc(Cl)cc2)c2ccsc2)cc1. The van der Waals surface area contributed by atoms with Gasteiger partial charge < -0.3 is 10.1 Å². The highest BCUT2D eigenvalue weighted by Crippen LogP contribution is 2.26. The first-order valence-electron chi connectivity index (χ1n) is 7.83. The Labute approximate surface area is 156 Å². The van der Waals surface area contributed by atoms with Gasteiger partial charge in [-0.3, -0.25) is 4.79 Å². The number of amides is 1. The minimum Gasteiger partial charge on any atom is -0.380 e. The molecule has 1 N–H and O–H groups in total. The topological polar surface area (TPSA) is 38.3 Å². The summed E-state index contributed by atoms with van der Waals surface area (Å²) in [7, 11) is 1.65. The zero-order valence-electron chi connectivity index (χ0n) is 13.7. The molecule has 5 heteroatoms. The maximum Gasteiger partial charge on any atom is 0.252 e. The van der Waals surface area contributed by atoms with E-state index in [1.807, 2.05) is 65.4 Å². The van der Waals surface area contributed by atoms with E-state index in [-0.39, 0.29) is 11.9 Å². The van der Waals surface area contributed by atoms with Crippen LogP contribution in [-0.4, -0.2) is 13.0 Å². The van der Waals surface area contributed by atoms with Crippen LogP contribution in [0.1, 0.15) is 33.1 Å². The van der Waals surface area contributed by atoms with Crippen LogP contribution in [0.2, 0.25) is 5.02 Å². The molecular weight excluding hydrogens is 354 g/mol. The van der Waals surface area contributed by atoms with Gasteiger partial charge in [0.25, 0.3) is 5.91 Å². The molecule has 1 amide bonds. The molecule has 25 heavy (non-hydrogen) atoms. The molecule has 0 aliphatic rings. The zero-order chi connectivity index (χ0) is 17.6. The third-order valence-corrected chi connectivity index (χ3v) is 4.84. The number of ether oxygens (including phenoxy) is 1. The maximum absolute atomic E-state index is 12.7. The van der Waals surface area contributed by atoms with Gasteiger partial charge in [0.2, 0.25) is 0 Å². The molecule has 0 fully saturated rings. The summed E-state index contributed by atoms with van der Waals surface area (Å²) >= 11 is 7.59. The summed E-state index contributed by atoms with van der Waals surface area (Å²) in [5, 5.41) is 7.84. The van der Waals surface area contributed by atoms with E-state index < -0.39 is 0 Å². The van der Waals surface area contributed by atoms with E-state index in [9.17, 15) is 4.79 Å². The molecule has 0 spiro atoms. The van der Waals surface area contributed by atoms with Crippen molar-refractivity contribution in [3.8, 4) is 0 Å². The summed E-state index contributed by atoms with van der Waals surface area (Å²) in [6, 6.07) is 16.8. The highest BCUT2D eigenvalue weighted by Gasteiger charge is 2.18. The number of methoxy groups -OCH3 is 1. The lowest BCUT2D eigenvalue weighted by molar-refractivity contribution is 0.0943. The number of benzene rings is 2. The van der Waals surface area contributed by atoms with E-state index in [1.165, 1.54) is 0 Å². The molecule has 0 aliphatic carbocycles. The second-order valence-corrected chi connectivity index (χ2v) is 6.86. The lowest BCUT2D eigenvalue weighted by Gasteiger charge is -2.19. The van der Waals surface area contributed by atoms with E-state index >= 15 is 0 Å². The molecule has 1 heterocycles. The molecule has 3 rings (SSSR count).